The lowest BCUT2D eigenvalue weighted by Gasteiger charge is -2.12. The normalized spacial score (nSPS) is 13.5. The van der Waals surface area contributed by atoms with Gasteiger partial charge in [0.15, 0.2) is 11.5 Å². The van der Waals surface area contributed by atoms with E-state index < -0.39 is 11.7 Å². The topological polar surface area (TPSA) is 48.7 Å². The number of aromatic nitrogens is 3. The van der Waals surface area contributed by atoms with E-state index >= 15 is 0 Å². The first-order valence-electron chi connectivity index (χ1n) is 8.76. The largest absolute Gasteiger partial charge is 0.454 e. The van der Waals surface area contributed by atoms with Crippen LogP contribution in [-0.4, -0.2) is 21.2 Å². The quantitative estimate of drug-likeness (QED) is 0.427. The monoisotopic (exact) mass is 417 g/mol. The lowest BCUT2D eigenvalue weighted by atomic mass is 10.1. The molecule has 0 unspecified atom stereocenters. The molecule has 29 heavy (non-hydrogen) atoms. The van der Waals surface area contributed by atoms with Crippen molar-refractivity contribution in [3.05, 3.63) is 59.5 Å². The number of thioether (sulfide) groups is 1. The van der Waals surface area contributed by atoms with Crippen LogP contribution in [0.2, 0.25) is 0 Å². The Morgan fingerprint density at radius 1 is 1.10 bits per heavy atom. The third-order valence-corrected chi connectivity index (χ3v) is 5.64. The first-order valence-corrected chi connectivity index (χ1v) is 9.75. The van der Waals surface area contributed by atoms with E-state index in [9.17, 15) is 13.2 Å². The minimum atomic E-state index is -4.51. The van der Waals surface area contributed by atoms with Crippen molar-refractivity contribution in [2.24, 2.45) is 0 Å². The number of imidazole rings is 1. The third kappa shape index (κ3) is 3.25. The van der Waals surface area contributed by atoms with Gasteiger partial charge in [0.2, 0.25) is 6.79 Å². The Bertz CT molecular complexity index is 1250. The third-order valence-electron chi connectivity index (χ3n) is 4.70. The first kappa shape index (κ1) is 18.1. The van der Waals surface area contributed by atoms with E-state index in [0.29, 0.717) is 17.3 Å². The Hall–Kier alpha value is -2.94. The molecule has 0 fully saturated rings. The van der Waals surface area contributed by atoms with Gasteiger partial charge in [-0.1, -0.05) is 17.8 Å². The van der Waals surface area contributed by atoms with E-state index in [4.69, 9.17) is 9.47 Å². The number of halogens is 3. The number of pyridine rings is 2. The molecule has 0 amide bonds. The number of hydrogen-bond donors (Lipinski definition) is 0. The van der Waals surface area contributed by atoms with Gasteiger partial charge in [-0.3, -0.25) is 0 Å². The number of nitrogens with zero attached hydrogens (tertiary/aromatic N) is 3. The van der Waals surface area contributed by atoms with Crippen molar-refractivity contribution in [2.75, 3.05) is 6.79 Å². The van der Waals surface area contributed by atoms with Crippen LogP contribution in [0.5, 0.6) is 11.5 Å². The van der Waals surface area contributed by atoms with E-state index in [-0.39, 0.29) is 22.7 Å². The summed E-state index contributed by atoms with van der Waals surface area (Å²) < 4.78 is 53.5. The predicted octanol–water partition coefficient (Wildman–Crippen LogP) is 5.23. The molecule has 0 radical (unpaired) electrons. The van der Waals surface area contributed by atoms with Crippen LogP contribution in [0.1, 0.15) is 17.0 Å². The van der Waals surface area contributed by atoms with Gasteiger partial charge in [-0.15, -0.1) is 0 Å². The second-order valence-corrected chi connectivity index (χ2v) is 7.64. The van der Waals surface area contributed by atoms with Gasteiger partial charge in [-0.05, 0) is 31.2 Å². The fraction of sp³-hybridized carbons (Fsp3) is 0.200. The summed E-state index contributed by atoms with van der Waals surface area (Å²) in [6.07, 6.45) is -2.62. The van der Waals surface area contributed by atoms with Crippen LogP contribution >= 0.6 is 11.8 Å². The van der Waals surface area contributed by atoms with Crippen LogP contribution in [0, 0.1) is 6.92 Å². The summed E-state index contributed by atoms with van der Waals surface area (Å²) in [7, 11) is 0. The van der Waals surface area contributed by atoms with Gasteiger partial charge in [-0.25, -0.2) is 9.97 Å². The summed E-state index contributed by atoms with van der Waals surface area (Å²) in [6, 6.07) is 9.68. The molecule has 0 saturated heterocycles. The lowest BCUT2D eigenvalue weighted by molar-refractivity contribution is -0.136. The Morgan fingerprint density at radius 3 is 2.66 bits per heavy atom. The zero-order chi connectivity index (χ0) is 20.2. The molecule has 0 aliphatic carbocycles. The first-order chi connectivity index (χ1) is 13.9. The molecule has 5 rings (SSSR count). The SMILES string of the molecule is Cc1cccc2nc(CSc3cc(C(F)(F)F)c4cc5c(cc4n3)OCO5)cn12. The highest BCUT2D eigenvalue weighted by atomic mass is 32.2. The smallest absolute Gasteiger partial charge is 0.417 e. The van der Waals surface area contributed by atoms with Gasteiger partial charge in [0, 0.05) is 29.1 Å². The molecule has 0 bridgehead atoms. The zero-order valence-corrected chi connectivity index (χ0v) is 16.0. The van der Waals surface area contributed by atoms with Crippen molar-refractivity contribution < 1.29 is 22.6 Å². The zero-order valence-electron chi connectivity index (χ0n) is 15.2. The van der Waals surface area contributed by atoms with E-state index in [1.165, 1.54) is 23.9 Å². The van der Waals surface area contributed by atoms with E-state index in [0.717, 1.165) is 23.1 Å². The summed E-state index contributed by atoms with van der Waals surface area (Å²) >= 11 is 1.21. The van der Waals surface area contributed by atoms with E-state index in [2.05, 4.69) is 9.97 Å². The van der Waals surface area contributed by atoms with Crippen LogP contribution in [0.15, 0.2) is 47.6 Å². The number of ether oxygens (including phenoxy) is 2. The molecule has 4 aromatic rings. The molecule has 0 N–H and O–H groups in total. The summed E-state index contributed by atoms with van der Waals surface area (Å²) in [5.41, 5.74) is 2.08. The minimum absolute atomic E-state index is 0.00513. The van der Waals surface area contributed by atoms with Crippen LogP contribution in [0.4, 0.5) is 13.2 Å². The number of benzene rings is 1. The lowest BCUT2D eigenvalue weighted by Crippen LogP contribution is -2.07. The van der Waals surface area contributed by atoms with E-state index in [1.807, 2.05) is 35.7 Å². The number of rotatable bonds is 3. The van der Waals surface area contributed by atoms with Crippen molar-refractivity contribution in [3.8, 4) is 11.5 Å². The molecule has 148 valence electrons. The fourth-order valence-corrected chi connectivity index (χ4v) is 4.12. The van der Waals surface area contributed by atoms with Crippen molar-refractivity contribution in [1.82, 2.24) is 14.4 Å². The second-order valence-electron chi connectivity index (χ2n) is 6.64. The van der Waals surface area contributed by atoms with Crippen molar-refractivity contribution in [2.45, 2.75) is 23.9 Å². The molecule has 5 nitrogen and oxygen atoms in total. The predicted molar refractivity (Wildman–Crippen MR) is 102 cm³/mol. The second kappa shape index (κ2) is 6.55. The molecule has 0 saturated carbocycles. The minimum Gasteiger partial charge on any atom is -0.454 e. The number of hydrogen-bond acceptors (Lipinski definition) is 5. The van der Waals surface area contributed by atoms with Gasteiger partial charge in [0.25, 0.3) is 0 Å². The van der Waals surface area contributed by atoms with Crippen molar-refractivity contribution in [1.29, 1.82) is 0 Å². The molecule has 0 spiro atoms. The molecular weight excluding hydrogens is 403 g/mol. The summed E-state index contributed by atoms with van der Waals surface area (Å²) in [6.45, 7) is 1.96. The van der Waals surface area contributed by atoms with Gasteiger partial charge < -0.3 is 13.9 Å². The maximum absolute atomic E-state index is 13.7. The van der Waals surface area contributed by atoms with Crippen LogP contribution < -0.4 is 9.47 Å². The highest BCUT2D eigenvalue weighted by Crippen LogP contribution is 2.42. The Kier molecular flexibility index (Phi) is 4.09. The van der Waals surface area contributed by atoms with Crippen molar-refractivity contribution in [3.63, 3.8) is 0 Å². The molecule has 9 heteroatoms. The standard InChI is InChI=1S/C20H14F3N3O2S/c1-11-3-2-4-18-24-12(8-26(11)18)9-29-19-6-14(20(21,22)23)13-5-16-17(28-10-27-16)7-15(13)25-19/h2-8H,9-10H2,1H3. The Morgan fingerprint density at radius 2 is 1.90 bits per heavy atom. The highest BCUT2D eigenvalue weighted by Gasteiger charge is 2.34. The van der Waals surface area contributed by atoms with Crippen LogP contribution in [0.3, 0.4) is 0 Å². The maximum atomic E-state index is 13.7. The molecular formula is C20H14F3N3O2S. The molecule has 3 aromatic heterocycles. The van der Waals surface area contributed by atoms with Crippen molar-refractivity contribution >= 4 is 28.3 Å². The van der Waals surface area contributed by atoms with Crippen LogP contribution in [0.25, 0.3) is 16.6 Å². The molecule has 0 atom stereocenters. The summed E-state index contributed by atoms with van der Waals surface area (Å²) in [5, 5.41) is 0.270. The van der Waals surface area contributed by atoms with Gasteiger partial charge >= 0.3 is 6.18 Å². The number of fused-ring (bicyclic) bond motifs is 3. The Labute approximate surface area is 167 Å². The fourth-order valence-electron chi connectivity index (χ4n) is 3.32. The van der Waals surface area contributed by atoms with Gasteiger partial charge in [-0.2, -0.15) is 13.2 Å². The van der Waals surface area contributed by atoms with E-state index in [1.54, 1.807) is 0 Å². The molecule has 1 aliphatic heterocycles. The average molecular weight is 417 g/mol. The molecule has 1 aromatic carbocycles. The highest BCUT2D eigenvalue weighted by molar-refractivity contribution is 7.98. The Balaban J connectivity index is 1.52. The molecule has 4 heterocycles. The van der Waals surface area contributed by atoms with Gasteiger partial charge in [0.1, 0.15) is 5.65 Å². The number of aryl methyl sites for hydroxylation is 1. The summed E-state index contributed by atoms with van der Waals surface area (Å²) in [5.74, 6) is 1.10. The number of alkyl halides is 3. The van der Waals surface area contributed by atoms with Crippen LogP contribution in [-0.2, 0) is 11.9 Å². The van der Waals surface area contributed by atoms with Gasteiger partial charge in [0.05, 0.1) is 21.8 Å². The molecule has 1 aliphatic rings. The maximum Gasteiger partial charge on any atom is 0.417 e. The summed E-state index contributed by atoms with van der Waals surface area (Å²) in [4.78, 5) is 8.93. The average Bonchev–Trinajstić information content (AvgIpc) is 3.30.